The van der Waals surface area contributed by atoms with Crippen molar-refractivity contribution in [1.29, 1.82) is 0 Å². The Balaban J connectivity index is 1.45. The van der Waals surface area contributed by atoms with E-state index in [0.717, 1.165) is 11.1 Å². The van der Waals surface area contributed by atoms with E-state index < -0.39 is 10.8 Å². The zero-order chi connectivity index (χ0) is 26.5. The maximum absolute atomic E-state index is 12.8. The fraction of sp³-hybridized carbons (Fsp3) is 0.154. The number of aryl methyl sites for hydroxylation is 2. The molecule has 0 aliphatic carbocycles. The number of methoxy groups -OCH3 is 1. The lowest BCUT2D eigenvalue weighted by Gasteiger charge is -2.10. The van der Waals surface area contributed by atoms with Crippen molar-refractivity contribution in [2.45, 2.75) is 20.6 Å². The lowest BCUT2D eigenvalue weighted by Crippen LogP contribution is -2.14. The van der Waals surface area contributed by atoms with Gasteiger partial charge >= 0.3 is 0 Å². The number of amides is 1. The van der Waals surface area contributed by atoms with Crippen molar-refractivity contribution in [3.05, 3.63) is 98.8 Å². The second-order valence-corrected chi connectivity index (χ2v) is 8.47. The van der Waals surface area contributed by atoms with Crippen LogP contribution in [0, 0.1) is 24.0 Å². The molecule has 190 valence electrons. The molecule has 0 radical (unpaired) electrons. The zero-order valence-corrected chi connectivity index (χ0v) is 21.0. The Kier molecular flexibility index (Phi) is 7.59. The average Bonchev–Trinajstić information content (AvgIpc) is 3.35. The molecule has 1 N–H and O–H groups in total. The summed E-state index contributed by atoms with van der Waals surface area (Å²) in [6, 6.07) is 15.9. The molecule has 1 heterocycles. The van der Waals surface area contributed by atoms with Crippen molar-refractivity contribution in [2.24, 2.45) is 0 Å². The smallest absolute Gasteiger partial charge is 0.276 e. The topological polar surface area (TPSA) is 118 Å². The second-order valence-electron chi connectivity index (χ2n) is 8.09. The van der Waals surface area contributed by atoms with Crippen LogP contribution in [0.3, 0.4) is 0 Å². The van der Waals surface area contributed by atoms with Crippen molar-refractivity contribution in [2.75, 3.05) is 12.4 Å². The molecule has 11 heteroatoms. The van der Waals surface area contributed by atoms with E-state index in [1.165, 1.54) is 28.9 Å². The van der Waals surface area contributed by atoms with Crippen LogP contribution in [0.1, 0.15) is 21.6 Å². The minimum atomic E-state index is -0.567. The fourth-order valence-electron chi connectivity index (χ4n) is 3.48. The number of nitro benzene ring substituents is 1. The highest BCUT2D eigenvalue weighted by atomic mass is 35.5. The van der Waals surface area contributed by atoms with Crippen LogP contribution >= 0.6 is 11.6 Å². The first-order valence-corrected chi connectivity index (χ1v) is 11.5. The summed E-state index contributed by atoms with van der Waals surface area (Å²) < 4.78 is 18.1. The van der Waals surface area contributed by atoms with Crippen molar-refractivity contribution in [1.82, 2.24) is 9.78 Å². The number of halogens is 1. The molecule has 3 aromatic carbocycles. The molecule has 1 aromatic heterocycles. The zero-order valence-electron chi connectivity index (χ0n) is 20.2. The van der Waals surface area contributed by atoms with E-state index in [0.29, 0.717) is 22.3 Å². The van der Waals surface area contributed by atoms with Crippen LogP contribution in [0.4, 0.5) is 11.4 Å². The van der Waals surface area contributed by atoms with Gasteiger partial charge in [0.2, 0.25) is 0 Å². The number of aromatic nitrogens is 2. The molecule has 0 unspecified atom stereocenters. The van der Waals surface area contributed by atoms with Crippen molar-refractivity contribution in [3.63, 3.8) is 0 Å². The molecule has 0 atom stereocenters. The predicted molar refractivity (Wildman–Crippen MR) is 138 cm³/mol. The molecule has 0 saturated heterocycles. The molecule has 0 aliphatic heterocycles. The summed E-state index contributed by atoms with van der Waals surface area (Å²) in [5, 5.41) is 19.0. The van der Waals surface area contributed by atoms with Gasteiger partial charge in [-0.1, -0.05) is 11.6 Å². The van der Waals surface area contributed by atoms with Gasteiger partial charge in [-0.3, -0.25) is 14.9 Å². The van der Waals surface area contributed by atoms with Gasteiger partial charge in [-0.2, -0.15) is 5.10 Å². The second kappa shape index (κ2) is 11.0. The maximum atomic E-state index is 12.8. The molecule has 0 spiro atoms. The summed E-state index contributed by atoms with van der Waals surface area (Å²) in [6.45, 7) is 3.85. The Morgan fingerprint density at radius 3 is 2.32 bits per heavy atom. The van der Waals surface area contributed by atoms with Crippen LogP contribution in [0.15, 0.2) is 66.9 Å². The highest BCUT2D eigenvalue weighted by molar-refractivity contribution is 6.32. The van der Waals surface area contributed by atoms with Crippen molar-refractivity contribution < 1.29 is 23.9 Å². The van der Waals surface area contributed by atoms with Crippen LogP contribution < -0.4 is 19.5 Å². The van der Waals surface area contributed by atoms with Gasteiger partial charge in [0.25, 0.3) is 11.6 Å². The van der Waals surface area contributed by atoms with E-state index in [4.69, 9.17) is 25.8 Å². The van der Waals surface area contributed by atoms with Gasteiger partial charge in [0.05, 0.1) is 23.8 Å². The SMILES string of the molecule is COc1ccc(Oc2cc(NC(=O)c3ccn(COc4cc(C)c(Cl)c(C)c4)n3)cc([N+](=O)[O-])c2)cc1. The first-order chi connectivity index (χ1) is 17.7. The number of carbonyl (C=O) groups is 1. The van der Waals surface area contributed by atoms with E-state index in [1.54, 1.807) is 37.6 Å². The number of hydrogen-bond acceptors (Lipinski definition) is 7. The number of nitrogens with one attached hydrogen (secondary N) is 1. The van der Waals surface area contributed by atoms with Crippen molar-refractivity contribution >= 4 is 28.9 Å². The Hall–Kier alpha value is -4.57. The molecule has 1 amide bonds. The summed E-state index contributed by atoms with van der Waals surface area (Å²) in [4.78, 5) is 23.6. The molecular weight excluding hydrogens is 500 g/mol. The lowest BCUT2D eigenvalue weighted by molar-refractivity contribution is -0.384. The number of hydrogen-bond donors (Lipinski definition) is 1. The number of anilines is 1. The molecule has 0 bridgehead atoms. The Morgan fingerprint density at radius 2 is 1.68 bits per heavy atom. The van der Waals surface area contributed by atoms with Crippen LogP contribution in [0.25, 0.3) is 0 Å². The Morgan fingerprint density at radius 1 is 1.00 bits per heavy atom. The highest BCUT2D eigenvalue weighted by Gasteiger charge is 2.16. The summed E-state index contributed by atoms with van der Waals surface area (Å²) in [7, 11) is 1.54. The summed E-state index contributed by atoms with van der Waals surface area (Å²) in [6.07, 6.45) is 1.59. The number of carbonyl (C=O) groups excluding carboxylic acids is 1. The van der Waals surface area contributed by atoms with Gasteiger partial charge in [-0.05, 0) is 67.4 Å². The fourth-order valence-corrected chi connectivity index (χ4v) is 3.59. The number of nitro groups is 1. The average molecular weight is 523 g/mol. The van der Waals surface area contributed by atoms with E-state index in [2.05, 4.69) is 10.4 Å². The highest BCUT2D eigenvalue weighted by Crippen LogP contribution is 2.31. The molecule has 0 aliphatic rings. The summed E-state index contributed by atoms with van der Waals surface area (Å²) in [5.74, 6) is 1.35. The largest absolute Gasteiger partial charge is 0.497 e. The third-order valence-corrected chi connectivity index (χ3v) is 5.90. The van der Waals surface area contributed by atoms with Gasteiger partial charge in [0, 0.05) is 23.4 Å². The Labute approximate surface area is 217 Å². The predicted octanol–water partition coefficient (Wildman–Crippen LogP) is 6.15. The maximum Gasteiger partial charge on any atom is 0.276 e. The third kappa shape index (κ3) is 6.36. The minimum Gasteiger partial charge on any atom is -0.497 e. The van der Waals surface area contributed by atoms with E-state index in [-0.39, 0.29) is 29.5 Å². The van der Waals surface area contributed by atoms with Gasteiger partial charge in [0.1, 0.15) is 23.0 Å². The number of ether oxygens (including phenoxy) is 3. The molecular formula is C26H23ClN4O6. The van der Waals surface area contributed by atoms with Gasteiger partial charge in [0.15, 0.2) is 12.4 Å². The standard InChI is InChI=1S/C26H23ClN4O6/c1-16-10-22(11-17(2)25(16)27)36-15-30-9-8-24(29-30)26(32)28-18-12-19(31(33)34)14-23(13-18)37-21-6-4-20(35-3)5-7-21/h4-14H,15H2,1-3H3,(H,28,32). The van der Waals surface area contributed by atoms with Crippen LogP contribution in [-0.4, -0.2) is 27.7 Å². The number of benzene rings is 3. The van der Waals surface area contributed by atoms with Gasteiger partial charge in [-0.15, -0.1) is 0 Å². The van der Waals surface area contributed by atoms with Crippen molar-refractivity contribution in [3.8, 4) is 23.0 Å². The van der Waals surface area contributed by atoms with E-state index >= 15 is 0 Å². The number of rotatable bonds is 9. The van der Waals surface area contributed by atoms with Gasteiger partial charge < -0.3 is 19.5 Å². The van der Waals surface area contributed by atoms with Crippen LogP contribution in [0.2, 0.25) is 5.02 Å². The molecule has 37 heavy (non-hydrogen) atoms. The first-order valence-electron chi connectivity index (χ1n) is 11.1. The monoisotopic (exact) mass is 522 g/mol. The number of nitrogens with zero attached hydrogens (tertiary/aromatic N) is 3. The Bertz CT molecular complexity index is 1430. The quantitative estimate of drug-likeness (QED) is 0.207. The minimum absolute atomic E-state index is 0.0739. The molecule has 4 aromatic rings. The number of non-ortho nitro benzene ring substituents is 1. The van der Waals surface area contributed by atoms with E-state index in [9.17, 15) is 14.9 Å². The summed E-state index contributed by atoms with van der Waals surface area (Å²) in [5.41, 5.74) is 1.83. The summed E-state index contributed by atoms with van der Waals surface area (Å²) >= 11 is 6.19. The molecule has 0 fully saturated rings. The third-order valence-electron chi connectivity index (χ3n) is 5.30. The van der Waals surface area contributed by atoms with Gasteiger partial charge in [-0.25, -0.2) is 4.68 Å². The molecule has 4 rings (SSSR count). The lowest BCUT2D eigenvalue weighted by atomic mass is 10.1. The van der Waals surface area contributed by atoms with E-state index in [1.807, 2.05) is 26.0 Å². The normalized spacial score (nSPS) is 10.6. The molecule has 10 nitrogen and oxygen atoms in total. The molecule has 0 saturated carbocycles. The van der Waals surface area contributed by atoms with Crippen LogP contribution in [0.5, 0.6) is 23.0 Å². The van der Waals surface area contributed by atoms with Crippen LogP contribution in [-0.2, 0) is 6.73 Å². The first kappa shape index (κ1) is 25.5.